The van der Waals surface area contributed by atoms with Crippen LogP contribution in [0.1, 0.15) is 22.6 Å². The number of nitrogens with zero attached hydrogens (tertiary/aromatic N) is 2. The molecule has 0 radical (unpaired) electrons. The molecule has 0 unspecified atom stereocenters. The lowest BCUT2D eigenvalue weighted by molar-refractivity contribution is 0.0977. The number of aryl methyl sites for hydroxylation is 2. The van der Waals surface area contributed by atoms with E-state index in [1.54, 1.807) is 0 Å². The third kappa shape index (κ3) is 2.70. The van der Waals surface area contributed by atoms with E-state index in [-0.39, 0.29) is 11.6 Å². The van der Waals surface area contributed by atoms with E-state index in [4.69, 9.17) is 0 Å². The maximum Gasteiger partial charge on any atom is 0.164 e. The zero-order valence-electron chi connectivity index (χ0n) is 11.7. The highest BCUT2D eigenvalue weighted by Crippen LogP contribution is 2.16. The molecule has 0 fully saturated rings. The monoisotopic (exact) mass is 282 g/mol. The van der Waals surface area contributed by atoms with Crippen molar-refractivity contribution in [2.24, 2.45) is 0 Å². The molecule has 3 rings (SSSR count). The summed E-state index contributed by atoms with van der Waals surface area (Å²) in [5, 5.41) is 0. The van der Waals surface area contributed by atoms with Crippen LogP contribution in [-0.4, -0.2) is 15.3 Å². The number of para-hydroxylation sites is 2. The zero-order valence-corrected chi connectivity index (χ0v) is 11.7. The van der Waals surface area contributed by atoms with Crippen molar-refractivity contribution in [3.63, 3.8) is 0 Å². The molecule has 21 heavy (non-hydrogen) atoms. The summed E-state index contributed by atoms with van der Waals surface area (Å²) in [5.74, 6) is 0.568. The van der Waals surface area contributed by atoms with Gasteiger partial charge in [-0.1, -0.05) is 12.1 Å². The number of rotatable bonds is 4. The average Bonchev–Trinajstić information content (AvgIpc) is 2.81. The fourth-order valence-electron chi connectivity index (χ4n) is 2.47. The Labute approximate surface area is 122 Å². The number of hydrogen-bond donors (Lipinski definition) is 0. The minimum Gasteiger partial charge on any atom is -0.328 e. The molecule has 1 aromatic heterocycles. The molecule has 0 amide bonds. The van der Waals surface area contributed by atoms with Crippen LogP contribution in [0.4, 0.5) is 4.39 Å². The fraction of sp³-hybridized carbons (Fsp3) is 0.176. The predicted octanol–water partition coefficient (Wildman–Crippen LogP) is 3.76. The Morgan fingerprint density at radius 1 is 1.14 bits per heavy atom. The van der Waals surface area contributed by atoms with Crippen LogP contribution in [0.15, 0.2) is 48.5 Å². The van der Waals surface area contributed by atoms with Gasteiger partial charge in [0.05, 0.1) is 11.0 Å². The van der Waals surface area contributed by atoms with Gasteiger partial charge in [0.1, 0.15) is 11.6 Å². The summed E-state index contributed by atoms with van der Waals surface area (Å²) < 4.78 is 14.9. The van der Waals surface area contributed by atoms with Gasteiger partial charge in [-0.2, -0.15) is 0 Å². The Morgan fingerprint density at radius 2 is 1.86 bits per heavy atom. The van der Waals surface area contributed by atoms with Crippen LogP contribution in [-0.2, 0) is 6.54 Å². The molecular weight excluding hydrogens is 267 g/mol. The first-order valence-electron chi connectivity index (χ1n) is 6.86. The van der Waals surface area contributed by atoms with Crippen LogP contribution in [0.2, 0.25) is 0 Å². The van der Waals surface area contributed by atoms with Crippen LogP contribution in [0, 0.1) is 12.7 Å². The first-order valence-corrected chi connectivity index (χ1v) is 6.86. The second-order valence-corrected chi connectivity index (χ2v) is 4.98. The Kier molecular flexibility index (Phi) is 3.52. The lowest BCUT2D eigenvalue weighted by Gasteiger charge is -2.06. The summed E-state index contributed by atoms with van der Waals surface area (Å²) in [7, 11) is 0. The summed E-state index contributed by atoms with van der Waals surface area (Å²) in [6, 6.07) is 13.5. The highest BCUT2D eigenvalue weighted by Gasteiger charge is 2.10. The van der Waals surface area contributed by atoms with Crippen molar-refractivity contribution in [2.45, 2.75) is 19.9 Å². The van der Waals surface area contributed by atoms with Crippen molar-refractivity contribution >= 4 is 16.8 Å². The molecule has 1 heterocycles. The van der Waals surface area contributed by atoms with Gasteiger partial charge in [0.25, 0.3) is 0 Å². The second-order valence-electron chi connectivity index (χ2n) is 4.98. The average molecular weight is 282 g/mol. The molecule has 0 aliphatic rings. The van der Waals surface area contributed by atoms with E-state index < -0.39 is 0 Å². The number of aromatic nitrogens is 2. The van der Waals surface area contributed by atoms with Gasteiger partial charge in [0.15, 0.2) is 5.78 Å². The van der Waals surface area contributed by atoms with Gasteiger partial charge in [-0.3, -0.25) is 4.79 Å². The summed E-state index contributed by atoms with van der Waals surface area (Å²) in [6.45, 7) is 2.50. The van der Waals surface area contributed by atoms with Gasteiger partial charge in [-0.15, -0.1) is 0 Å². The molecule has 4 heteroatoms. The number of carbonyl (C=O) groups excluding carboxylic acids is 1. The predicted molar refractivity (Wildman–Crippen MR) is 79.8 cm³/mol. The summed E-state index contributed by atoms with van der Waals surface area (Å²) >= 11 is 0. The zero-order chi connectivity index (χ0) is 14.8. The van der Waals surface area contributed by atoms with Crippen molar-refractivity contribution < 1.29 is 9.18 Å². The summed E-state index contributed by atoms with van der Waals surface area (Å²) in [6.07, 6.45) is 0.368. The van der Waals surface area contributed by atoms with E-state index in [0.717, 1.165) is 16.9 Å². The van der Waals surface area contributed by atoms with E-state index >= 15 is 0 Å². The lowest BCUT2D eigenvalue weighted by atomic mass is 10.1. The molecule has 0 spiro atoms. The van der Waals surface area contributed by atoms with Crippen molar-refractivity contribution in [1.29, 1.82) is 0 Å². The van der Waals surface area contributed by atoms with Crippen molar-refractivity contribution in [1.82, 2.24) is 9.55 Å². The van der Waals surface area contributed by atoms with E-state index in [1.807, 2.05) is 35.8 Å². The molecule has 0 N–H and O–H groups in total. The molecule has 2 aromatic carbocycles. The minimum absolute atomic E-state index is 0.00665. The molecule has 0 saturated carbocycles. The Bertz CT molecular complexity index is 790. The lowest BCUT2D eigenvalue weighted by Crippen LogP contribution is -2.07. The molecule has 0 atom stereocenters. The number of halogens is 1. The van der Waals surface area contributed by atoms with E-state index in [2.05, 4.69) is 4.98 Å². The molecule has 0 saturated heterocycles. The van der Waals surface area contributed by atoms with Crippen molar-refractivity contribution in [3.05, 3.63) is 65.7 Å². The SMILES string of the molecule is Cc1nc2ccccc2n1CCC(=O)c1ccc(F)cc1. The maximum absolute atomic E-state index is 12.9. The smallest absolute Gasteiger partial charge is 0.164 e. The Morgan fingerprint density at radius 3 is 2.62 bits per heavy atom. The standard InChI is InChI=1S/C17H15FN2O/c1-12-19-15-4-2-3-5-16(15)20(12)11-10-17(21)13-6-8-14(18)9-7-13/h2-9H,10-11H2,1H3. The summed E-state index contributed by atoms with van der Waals surface area (Å²) in [4.78, 5) is 16.6. The van der Waals surface area contributed by atoms with Crippen LogP contribution in [0.5, 0.6) is 0 Å². The van der Waals surface area contributed by atoms with Crippen LogP contribution in [0.3, 0.4) is 0 Å². The molecule has 3 nitrogen and oxygen atoms in total. The van der Waals surface area contributed by atoms with Crippen molar-refractivity contribution in [3.8, 4) is 0 Å². The van der Waals surface area contributed by atoms with E-state index in [1.165, 1.54) is 24.3 Å². The van der Waals surface area contributed by atoms with E-state index in [9.17, 15) is 9.18 Å². The Hall–Kier alpha value is -2.49. The van der Waals surface area contributed by atoms with Crippen LogP contribution >= 0.6 is 0 Å². The summed E-state index contributed by atoms with van der Waals surface area (Å²) in [5.41, 5.74) is 2.50. The van der Waals surface area contributed by atoms with E-state index in [0.29, 0.717) is 18.5 Å². The quantitative estimate of drug-likeness (QED) is 0.683. The van der Waals surface area contributed by atoms with Gasteiger partial charge < -0.3 is 4.57 Å². The Balaban J connectivity index is 1.79. The first kappa shape index (κ1) is 13.5. The minimum atomic E-state index is -0.331. The van der Waals surface area contributed by atoms with Gasteiger partial charge >= 0.3 is 0 Å². The highest BCUT2D eigenvalue weighted by molar-refractivity contribution is 5.96. The molecular formula is C17H15FN2O. The molecule has 0 aliphatic carbocycles. The number of hydrogen-bond acceptors (Lipinski definition) is 2. The van der Waals surface area contributed by atoms with Gasteiger partial charge in [0.2, 0.25) is 0 Å². The third-order valence-electron chi connectivity index (χ3n) is 3.57. The van der Waals surface area contributed by atoms with Crippen LogP contribution in [0.25, 0.3) is 11.0 Å². The maximum atomic E-state index is 12.9. The number of benzene rings is 2. The second kappa shape index (κ2) is 5.48. The van der Waals surface area contributed by atoms with Crippen LogP contribution < -0.4 is 0 Å². The topological polar surface area (TPSA) is 34.9 Å². The number of ketones is 1. The van der Waals surface area contributed by atoms with Crippen molar-refractivity contribution in [2.75, 3.05) is 0 Å². The number of Topliss-reactive ketones (excluding diaryl/α,β-unsaturated/α-hetero) is 1. The number of carbonyl (C=O) groups is 1. The molecule has 0 bridgehead atoms. The number of fused-ring (bicyclic) bond motifs is 1. The highest BCUT2D eigenvalue weighted by atomic mass is 19.1. The van der Waals surface area contributed by atoms with Gasteiger partial charge in [-0.05, 0) is 43.3 Å². The molecule has 106 valence electrons. The van der Waals surface area contributed by atoms with Gasteiger partial charge in [-0.25, -0.2) is 9.37 Å². The number of imidazole rings is 1. The largest absolute Gasteiger partial charge is 0.328 e. The third-order valence-corrected chi connectivity index (χ3v) is 3.57. The fourth-order valence-corrected chi connectivity index (χ4v) is 2.47. The van der Waals surface area contributed by atoms with Gasteiger partial charge in [0, 0.05) is 18.5 Å². The first-order chi connectivity index (χ1) is 10.1. The normalized spacial score (nSPS) is 11.0. The molecule has 3 aromatic rings. The molecule has 0 aliphatic heterocycles.